The van der Waals surface area contributed by atoms with Crippen LogP contribution >= 0.6 is 0 Å². The van der Waals surface area contributed by atoms with Gasteiger partial charge in [-0.2, -0.15) is 15.0 Å². The van der Waals surface area contributed by atoms with Gasteiger partial charge < -0.3 is 10.1 Å². The number of rotatable bonds is 5. The van der Waals surface area contributed by atoms with Crippen molar-refractivity contribution < 1.29 is 9.53 Å². The number of amides is 1. The van der Waals surface area contributed by atoms with Crippen LogP contribution in [0.15, 0.2) is 31.0 Å². The first-order valence-corrected chi connectivity index (χ1v) is 6.69. The average molecular weight is 314 g/mol. The molecule has 10 nitrogen and oxygen atoms in total. The maximum atomic E-state index is 11.9. The molecule has 1 amide bonds. The number of anilines is 1. The predicted octanol–water partition coefficient (Wildman–Crippen LogP) is 0.116. The minimum absolute atomic E-state index is 0.0544. The first-order chi connectivity index (χ1) is 11.1. The summed E-state index contributed by atoms with van der Waals surface area (Å²) in [4.78, 5) is 21.4. The van der Waals surface area contributed by atoms with Gasteiger partial charge in [0.05, 0.1) is 25.2 Å². The van der Waals surface area contributed by atoms with Crippen molar-refractivity contribution in [2.24, 2.45) is 7.05 Å². The number of hydrogen-bond acceptors (Lipinski definition) is 7. The highest BCUT2D eigenvalue weighted by Crippen LogP contribution is 2.18. The van der Waals surface area contributed by atoms with E-state index < -0.39 is 0 Å². The van der Waals surface area contributed by atoms with E-state index >= 15 is 0 Å². The van der Waals surface area contributed by atoms with Crippen molar-refractivity contribution in [3.63, 3.8) is 0 Å². The monoisotopic (exact) mass is 314 g/mol. The van der Waals surface area contributed by atoms with Gasteiger partial charge in [0.1, 0.15) is 12.9 Å². The number of ether oxygens (including phenoxy) is 1. The summed E-state index contributed by atoms with van der Waals surface area (Å²) in [5, 5.41) is 14.6. The Morgan fingerprint density at radius 3 is 2.91 bits per heavy atom. The second-order valence-corrected chi connectivity index (χ2v) is 4.64. The highest BCUT2D eigenvalue weighted by molar-refractivity contribution is 5.89. The van der Waals surface area contributed by atoms with Crippen LogP contribution in [-0.2, 0) is 18.4 Å². The molecule has 3 heterocycles. The summed E-state index contributed by atoms with van der Waals surface area (Å²) in [5.74, 6) is 0.606. The summed E-state index contributed by atoms with van der Waals surface area (Å²) < 4.78 is 6.57. The Balaban J connectivity index is 1.68. The van der Waals surface area contributed by atoms with Crippen molar-refractivity contribution in [3.8, 4) is 17.1 Å². The summed E-state index contributed by atoms with van der Waals surface area (Å²) in [6.45, 7) is 0.0544. The van der Waals surface area contributed by atoms with E-state index in [0.29, 0.717) is 17.4 Å². The molecule has 0 aliphatic heterocycles. The van der Waals surface area contributed by atoms with Crippen LogP contribution in [0.2, 0.25) is 0 Å². The Kier molecular flexibility index (Phi) is 3.95. The summed E-state index contributed by atoms with van der Waals surface area (Å²) in [6, 6.07) is 1.70. The Labute approximate surface area is 131 Å². The zero-order valence-corrected chi connectivity index (χ0v) is 12.5. The molecule has 0 atom stereocenters. The fourth-order valence-electron chi connectivity index (χ4n) is 1.92. The van der Waals surface area contributed by atoms with Gasteiger partial charge in [0.25, 0.3) is 0 Å². The van der Waals surface area contributed by atoms with Crippen LogP contribution in [0, 0.1) is 0 Å². The van der Waals surface area contributed by atoms with E-state index in [0.717, 1.165) is 5.56 Å². The van der Waals surface area contributed by atoms with Crippen molar-refractivity contribution in [2.75, 3.05) is 12.4 Å². The number of aryl methyl sites for hydroxylation is 1. The highest BCUT2D eigenvalue weighted by Gasteiger charge is 2.09. The SMILES string of the molecule is COc1cc(-c2cnn(CC(=O)Nc3cnn(C)n3)c2)ncn1. The van der Waals surface area contributed by atoms with Crippen LogP contribution in [0.4, 0.5) is 5.82 Å². The fraction of sp³-hybridized carbons (Fsp3) is 0.231. The molecule has 118 valence electrons. The van der Waals surface area contributed by atoms with Crippen molar-refractivity contribution in [3.05, 3.63) is 31.0 Å². The second-order valence-electron chi connectivity index (χ2n) is 4.64. The summed E-state index contributed by atoms with van der Waals surface area (Å²) >= 11 is 0. The maximum absolute atomic E-state index is 11.9. The van der Waals surface area contributed by atoms with E-state index in [1.54, 1.807) is 25.5 Å². The molecule has 0 radical (unpaired) electrons. The lowest BCUT2D eigenvalue weighted by Crippen LogP contribution is -2.19. The van der Waals surface area contributed by atoms with Gasteiger partial charge in [0.15, 0.2) is 5.82 Å². The Morgan fingerprint density at radius 2 is 2.17 bits per heavy atom. The van der Waals surface area contributed by atoms with Crippen molar-refractivity contribution in [1.29, 1.82) is 0 Å². The van der Waals surface area contributed by atoms with E-state index in [-0.39, 0.29) is 12.5 Å². The fourth-order valence-corrected chi connectivity index (χ4v) is 1.92. The van der Waals surface area contributed by atoms with Gasteiger partial charge in [0.2, 0.25) is 11.8 Å². The Bertz CT molecular complexity index is 825. The largest absolute Gasteiger partial charge is 0.481 e. The molecule has 0 aliphatic carbocycles. The number of nitrogens with one attached hydrogen (secondary N) is 1. The quantitative estimate of drug-likeness (QED) is 0.711. The molecule has 0 bridgehead atoms. The molecule has 3 aromatic rings. The second kappa shape index (κ2) is 6.22. The normalized spacial score (nSPS) is 10.5. The summed E-state index contributed by atoms with van der Waals surface area (Å²) in [6.07, 6.45) is 6.22. The van der Waals surface area contributed by atoms with Crippen LogP contribution in [-0.4, -0.2) is 47.8 Å². The van der Waals surface area contributed by atoms with Crippen LogP contribution in [0.3, 0.4) is 0 Å². The number of aromatic nitrogens is 7. The molecule has 0 saturated heterocycles. The average Bonchev–Trinajstić information content (AvgIpc) is 3.16. The molecule has 10 heteroatoms. The lowest BCUT2D eigenvalue weighted by Gasteiger charge is -2.02. The first-order valence-electron chi connectivity index (χ1n) is 6.69. The zero-order valence-electron chi connectivity index (χ0n) is 12.5. The lowest BCUT2D eigenvalue weighted by molar-refractivity contribution is -0.116. The summed E-state index contributed by atoms with van der Waals surface area (Å²) in [5.41, 5.74) is 1.43. The molecular weight excluding hydrogens is 300 g/mol. The number of carbonyl (C=O) groups excluding carboxylic acids is 1. The van der Waals surface area contributed by atoms with E-state index in [2.05, 4.69) is 30.6 Å². The molecule has 0 unspecified atom stereocenters. The first kappa shape index (κ1) is 14.6. The van der Waals surface area contributed by atoms with Gasteiger partial charge in [-0.25, -0.2) is 9.97 Å². The predicted molar refractivity (Wildman–Crippen MR) is 79.4 cm³/mol. The van der Waals surface area contributed by atoms with Gasteiger partial charge in [-0.1, -0.05) is 0 Å². The Morgan fingerprint density at radius 1 is 1.30 bits per heavy atom. The number of methoxy groups -OCH3 is 1. The third-order valence-electron chi connectivity index (χ3n) is 2.95. The van der Waals surface area contributed by atoms with Crippen molar-refractivity contribution >= 4 is 11.7 Å². The van der Waals surface area contributed by atoms with E-state index in [1.807, 2.05) is 0 Å². The van der Waals surface area contributed by atoms with Gasteiger partial charge in [-0.05, 0) is 0 Å². The number of nitrogens with zero attached hydrogens (tertiary/aromatic N) is 7. The van der Waals surface area contributed by atoms with E-state index in [4.69, 9.17) is 4.74 Å². The molecule has 1 N–H and O–H groups in total. The van der Waals surface area contributed by atoms with Gasteiger partial charge in [-0.15, -0.1) is 5.10 Å². The van der Waals surface area contributed by atoms with Crippen LogP contribution < -0.4 is 10.1 Å². The molecule has 0 fully saturated rings. The maximum Gasteiger partial charge on any atom is 0.247 e. The molecule has 3 aromatic heterocycles. The number of hydrogen-bond donors (Lipinski definition) is 1. The third-order valence-corrected chi connectivity index (χ3v) is 2.95. The highest BCUT2D eigenvalue weighted by atomic mass is 16.5. The zero-order chi connectivity index (χ0) is 16.2. The molecular formula is C13H14N8O2. The smallest absolute Gasteiger partial charge is 0.247 e. The molecule has 0 saturated carbocycles. The Hall–Kier alpha value is -3.30. The number of carbonyl (C=O) groups is 1. The minimum atomic E-state index is -0.250. The van der Waals surface area contributed by atoms with Crippen LogP contribution in [0.5, 0.6) is 5.88 Å². The third kappa shape index (κ3) is 3.48. The van der Waals surface area contributed by atoms with Gasteiger partial charge >= 0.3 is 0 Å². The summed E-state index contributed by atoms with van der Waals surface area (Å²) in [7, 11) is 3.21. The van der Waals surface area contributed by atoms with Gasteiger partial charge in [-0.3, -0.25) is 9.48 Å². The van der Waals surface area contributed by atoms with E-state index in [9.17, 15) is 4.79 Å². The minimum Gasteiger partial charge on any atom is -0.481 e. The standard InChI is InChI=1S/C13H14N8O2/c1-20-16-5-11(19-20)18-12(22)7-21-6-9(4-17-21)10-3-13(23-2)15-8-14-10/h3-6,8H,7H2,1-2H3,(H,18,19,22). The molecule has 0 spiro atoms. The lowest BCUT2D eigenvalue weighted by atomic mass is 10.2. The molecule has 0 aliphatic rings. The van der Waals surface area contributed by atoms with Gasteiger partial charge in [0, 0.05) is 24.9 Å². The molecule has 23 heavy (non-hydrogen) atoms. The topological polar surface area (TPSA) is 113 Å². The van der Waals surface area contributed by atoms with Crippen LogP contribution in [0.25, 0.3) is 11.3 Å². The molecule has 3 rings (SSSR count). The van der Waals surface area contributed by atoms with E-state index in [1.165, 1.54) is 29.1 Å². The van der Waals surface area contributed by atoms with Crippen molar-refractivity contribution in [1.82, 2.24) is 34.7 Å². The molecule has 0 aromatic carbocycles. The van der Waals surface area contributed by atoms with Crippen LogP contribution in [0.1, 0.15) is 0 Å². The van der Waals surface area contributed by atoms with Crippen molar-refractivity contribution in [2.45, 2.75) is 6.54 Å².